The average molecular weight is 389 g/mol. The highest BCUT2D eigenvalue weighted by Crippen LogP contribution is 2.26. The summed E-state index contributed by atoms with van der Waals surface area (Å²) in [7, 11) is 0. The molecule has 0 saturated carbocycles. The molecule has 5 nitrogen and oxygen atoms in total. The molecule has 0 aromatic carbocycles. The highest BCUT2D eigenvalue weighted by Gasteiger charge is 2.30. The molecular weight excluding hydrogens is 368 g/mol. The van der Waals surface area contributed by atoms with Crippen molar-refractivity contribution >= 4 is 39.1 Å². The molecule has 0 aliphatic carbocycles. The van der Waals surface area contributed by atoms with Crippen LogP contribution in [0.1, 0.15) is 29.9 Å². The van der Waals surface area contributed by atoms with Crippen LogP contribution in [0, 0.1) is 11.8 Å². The van der Waals surface area contributed by atoms with E-state index in [1.165, 1.54) is 11.3 Å². The van der Waals surface area contributed by atoms with Crippen molar-refractivity contribution < 1.29 is 14.3 Å². The van der Waals surface area contributed by atoms with Gasteiger partial charge in [-0.2, -0.15) is 0 Å². The van der Waals surface area contributed by atoms with Crippen LogP contribution in [-0.4, -0.2) is 37.6 Å². The van der Waals surface area contributed by atoms with Crippen LogP contribution in [0.2, 0.25) is 0 Å². The Labute approximate surface area is 142 Å². The third-order valence-electron chi connectivity index (χ3n) is 3.69. The first-order chi connectivity index (χ1) is 10.5. The first-order valence-corrected chi connectivity index (χ1v) is 9.00. The molecule has 1 saturated heterocycles. The van der Waals surface area contributed by atoms with Crippen LogP contribution < -0.4 is 10.6 Å². The molecule has 122 valence electrons. The lowest BCUT2D eigenvalue weighted by atomic mass is 9.93. The Morgan fingerprint density at radius 3 is 2.82 bits per heavy atom. The molecule has 22 heavy (non-hydrogen) atoms. The Morgan fingerprint density at radius 2 is 2.18 bits per heavy atom. The minimum absolute atomic E-state index is 0.00568. The van der Waals surface area contributed by atoms with E-state index in [0.29, 0.717) is 23.3 Å². The van der Waals surface area contributed by atoms with Crippen LogP contribution in [0.4, 0.5) is 0 Å². The number of hydrogen-bond donors (Lipinski definition) is 2. The molecule has 2 rings (SSSR count). The van der Waals surface area contributed by atoms with Crippen LogP contribution in [-0.2, 0) is 9.53 Å². The summed E-state index contributed by atoms with van der Waals surface area (Å²) in [5.41, 5.74) is 0. The molecule has 2 heterocycles. The van der Waals surface area contributed by atoms with Crippen molar-refractivity contribution in [2.75, 3.05) is 19.7 Å². The first kappa shape index (κ1) is 17.4. The van der Waals surface area contributed by atoms with Crippen LogP contribution in [0.3, 0.4) is 0 Å². The van der Waals surface area contributed by atoms with Gasteiger partial charge in [0.2, 0.25) is 5.91 Å². The monoisotopic (exact) mass is 388 g/mol. The second kappa shape index (κ2) is 8.08. The lowest BCUT2D eigenvalue weighted by molar-refractivity contribution is -0.120. The van der Waals surface area contributed by atoms with E-state index in [-0.39, 0.29) is 24.5 Å². The van der Waals surface area contributed by atoms with E-state index in [1.54, 1.807) is 6.07 Å². The number of halogens is 1. The number of amides is 2. The van der Waals surface area contributed by atoms with E-state index >= 15 is 0 Å². The fourth-order valence-electron chi connectivity index (χ4n) is 2.60. The minimum Gasteiger partial charge on any atom is -0.378 e. The van der Waals surface area contributed by atoms with E-state index in [0.717, 1.165) is 16.8 Å². The molecule has 1 aliphatic heterocycles. The molecule has 2 N–H and O–H groups in total. The summed E-state index contributed by atoms with van der Waals surface area (Å²) in [6.45, 7) is 5.61. The van der Waals surface area contributed by atoms with Gasteiger partial charge in [0, 0.05) is 19.1 Å². The highest BCUT2D eigenvalue weighted by molar-refractivity contribution is 9.11. The minimum atomic E-state index is -0.227. The number of hydrogen-bond acceptors (Lipinski definition) is 4. The van der Waals surface area contributed by atoms with Gasteiger partial charge in [-0.1, -0.05) is 13.8 Å². The van der Waals surface area contributed by atoms with Gasteiger partial charge in [0.05, 0.1) is 21.3 Å². The predicted molar refractivity (Wildman–Crippen MR) is 90.0 cm³/mol. The van der Waals surface area contributed by atoms with Gasteiger partial charge >= 0.3 is 0 Å². The molecule has 1 fully saturated rings. The quantitative estimate of drug-likeness (QED) is 0.785. The van der Waals surface area contributed by atoms with Crippen LogP contribution in [0.25, 0.3) is 0 Å². The number of thiophene rings is 1. The van der Waals surface area contributed by atoms with Gasteiger partial charge < -0.3 is 15.4 Å². The summed E-state index contributed by atoms with van der Waals surface area (Å²) in [5.74, 6) is 0.405. The van der Waals surface area contributed by atoms with Crippen molar-refractivity contribution in [1.82, 2.24) is 10.6 Å². The topological polar surface area (TPSA) is 67.4 Å². The van der Waals surface area contributed by atoms with Gasteiger partial charge in [0.25, 0.3) is 5.91 Å². The van der Waals surface area contributed by atoms with Crippen molar-refractivity contribution in [3.8, 4) is 0 Å². The third-order valence-corrected chi connectivity index (χ3v) is 5.31. The lowest BCUT2D eigenvalue weighted by Gasteiger charge is -2.22. The summed E-state index contributed by atoms with van der Waals surface area (Å²) >= 11 is 4.65. The first-order valence-electron chi connectivity index (χ1n) is 7.39. The predicted octanol–water partition coefficient (Wildman–Crippen LogP) is 2.42. The molecule has 0 radical (unpaired) electrons. The average Bonchev–Trinajstić information content (AvgIpc) is 3.11. The Morgan fingerprint density at radius 1 is 1.41 bits per heavy atom. The lowest BCUT2D eigenvalue weighted by Crippen LogP contribution is -2.40. The van der Waals surface area contributed by atoms with Crippen molar-refractivity contribution in [1.29, 1.82) is 0 Å². The number of carbonyl (C=O) groups excluding carboxylic acids is 2. The molecule has 2 amide bonds. The molecule has 2 atom stereocenters. The molecule has 0 spiro atoms. The van der Waals surface area contributed by atoms with Gasteiger partial charge in [0.1, 0.15) is 0 Å². The van der Waals surface area contributed by atoms with Crippen molar-refractivity contribution in [3.63, 3.8) is 0 Å². The van der Waals surface area contributed by atoms with Gasteiger partial charge in [-0.05, 0) is 40.4 Å². The smallest absolute Gasteiger partial charge is 0.261 e. The van der Waals surface area contributed by atoms with Gasteiger partial charge in [-0.25, -0.2) is 0 Å². The Hall–Kier alpha value is -0.920. The third kappa shape index (κ3) is 4.79. The van der Waals surface area contributed by atoms with E-state index < -0.39 is 0 Å². The summed E-state index contributed by atoms with van der Waals surface area (Å²) in [6.07, 6.45) is 1.18. The molecule has 1 aromatic heterocycles. The van der Waals surface area contributed by atoms with Gasteiger partial charge in [0.15, 0.2) is 0 Å². The maximum Gasteiger partial charge on any atom is 0.261 e. The number of nitrogens with one attached hydrogen (secondary N) is 2. The molecule has 2 unspecified atom stereocenters. The Kier molecular flexibility index (Phi) is 6.40. The normalized spacial score (nSPS) is 21.1. The number of ether oxygens (including phenoxy) is 1. The molecule has 0 bridgehead atoms. The summed E-state index contributed by atoms with van der Waals surface area (Å²) < 4.78 is 6.59. The maximum absolute atomic E-state index is 11.8. The molecular formula is C15H21BrN2O3S. The zero-order valence-corrected chi connectivity index (χ0v) is 15.1. The summed E-state index contributed by atoms with van der Waals surface area (Å²) in [6, 6.07) is 3.54. The van der Waals surface area contributed by atoms with Crippen molar-refractivity contribution in [3.05, 3.63) is 20.8 Å². The Balaban J connectivity index is 1.71. The maximum atomic E-state index is 11.8. The van der Waals surface area contributed by atoms with Crippen LogP contribution >= 0.6 is 27.3 Å². The summed E-state index contributed by atoms with van der Waals surface area (Å²) in [4.78, 5) is 24.3. The van der Waals surface area contributed by atoms with E-state index in [4.69, 9.17) is 4.74 Å². The summed E-state index contributed by atoms with van der Waals surface area (Å²) in [5, 5.41) is 5.51. The second-order valence-corrected chi connectivity index (χ2v) is 8.18. The largest absolute Gasteiger partial charge is 0.378 e. The van der Waals surface area contributed by atoms with E-state index in [9.17, 15) is 9.59 Å². The molecule has 1 aliphatic rings. The standard InChI is InChI=1S/C15H21BrN2O3S/c1-9(2)14-10(5-6-21-14)7-17-13(19)8-18-15(20)11-3-4-12(16)22-11/h3-4,9-10,14H,5-8H2,1-2H3,(H,17,19)(H,18,20). The SMILES string of the molecule is CC(C)C1OCCC1CNC(=O)CNC(=O)c1ccc(Br)s1. The van der Waals surface area contributed by atoms with Crippen LogP contribution in [0.15, 0.2) is 15.9 Å². The van der Waals surface area contributed by atoms with Gasteiger partial charge in [-0.15, -0.1) is 11.3 Å². The zero-order chi connectivity index (χ0) is 16.1. The van der Waals surface area contributed by atoms with Crippen LogP contribution in [0.5, 0.6) is 0 Å². The number of rotatable bonds is 6. The molecule has 1 aromatic rings. The molecule has 7 heteroatoms. The van der Waals surface area contributed by atoms with E-state index in [1.807, 2.05) is 6.07 Å². The highest BCUT2D eigenvalue weighted by atomic mass is 79.9. The fourth-order valence-corrected chi connectivity index (χ4v) is 3.90. The van der Waals surface area contributed by atoms with E-state index in [2.05, 4.69) is 40.4 Å². The fraction of sp³-hybridized carbons (Fsp3) is 0.600. The zero-order valence-electron chi connectivity index (χ0n) is 12.7. The van der Waals surface area contributed by atoms with Crippen molar-refractivity contribution in [2.45, 2.75) is 26.4 Å². The second-order valence-electron chi connectivity index (χ2n) is 5.72. The number of carbonyl (C=O) groups is 2. The van der Waals surface area contributed by atoms with Crippen molar-refractivity contribution in [2.24, 2.45) is 11.8 Å². The van der Waals surface area contributed by atoms with Gasteiger partial charge in [-0.3, -0.25) is 9.59 Å². The Bertz CT molecular complexity index is 533.